The first-order valence-electron chi connectivity index (χ1n) is 18.6. The summed E-state index contributed by atoms with van der Waals surface area (Å²) in [6.45, 7) is 0. The van der Waals surface area contributed by atoms with Crippen molar-refractivity contribution in [2.75, 3.05) is 0 Å². The van der Waals surface area contributed by atoms with Crippen LogP contribution in [0.15, 0.2) is 164 Å². The molecule has 0 fully saturated rings. The van der Waals surface area contributed by atoms with Gasteiger partial charge in [-0.25, -0.2) is 0 Å². The first-order valence-corrected chi connectivity index (χ1v) is 16.9. The lowest BCUT2D eigenvalue weighted by Gasteiger charge is -2.17. The predicted molar refractivity (Wildman–Crippen MR) is 208 cm³/mol. The smallest absolute Gasteiger partial charge is 0.0629 e. The van der Waals surface area contributed by atoms with E-state index in [1.54, 1.807) is 0 Å². The van der Waals surface area contributed by atoms with E-state index in [9.17, 15) is 0 Å². The third-order valence-electron chi connectivity index (χ3n) is 10.0. The summed E-state index contributed by atoms with van der Waals surface area (Å²) in [6, 6.07) is 46.0. The van der Waals surface area contributed by atoms with Gasteiger partial charge in [-0.15, -0.1) is 11.3 Å². The summed E-state index contributed by atoms with van der Waals surface area (Å²) in [5.41, 5.74) is 6.49. The van der Waals surface area contributed by atoms with Gasteiger partial charge in [-0.05, 0) is 91.0 Å². The highest BCUT2D eigenvalue weighted by atomic mass is 32.1. The zero-order chi connectivity index (χ0) is 35.7. The Labute approximate surface area is 287 Å². The van der Waals surface area contributed by atoms with Gasteiger partial charge in [0.15, 0.2) is 0 Å². The fourth-order valence-corrected chi connectivity index (χ4v) is 9.05. The summed E-state index contributed by atoms with van der Waals surface area (Å²) in [4.78, 5) is 0. The molecule has 1 nitrogen and oxygen atoms in total. The summed E-state index contributed by atoms with van der Waals surface area (Å²) in [7, 11) is 0. The molecule has 0 saturated heterocycles. The quantitative estimate of drug-likeness (QED) is 0.171. The van der Waals surface area contributed by atoms with E-state index in [1.165, 1.54) is 36.5 Å². The van der Waals surface area contributed by atoms with E-state index in [2.05, 4.69) is 120 Å². The summed E-state index contributed by atoms with van der Waals surface area (Å²) < 4.78 is 47.2. The number of aromatic nitrogens is 1. The molecule has 11 aromatic rings. The normalized spacial score (nSPS) is 13.6. The standard InChI is InChI=1S/C46H27NS/c1-2-9-28(10-3-1)33-21-17-29-20-24-38-34(22-18-30-19-23-37(33)45(29)46(30)38)31-11-8-12-32(25-31)47-41-15-6-4-13-35(41)39-26-40-36-14-5-7-16-43(36)48-44(40)27-42(39)47/h1-27H/i1D,2D,3D,9D,10D. The second-order valence-electron chi connectivity index (χ2n) is 12.5. The molecule has 0 saturated carbocycles. The van der Waals surface area contributed by atoms with Crippen LogP contribution in [0.3, 0.4) is 0 Å². The van der Waals surface area contributed by atoms with Gasteiger partial charge in [0.05, 0.1) is 17.9 Å². The molecule has 0 aliphatic heterocycles. The van der Waals surface area contributed by atoms with Crippen molar-refractivity contribution in [3.8, 4) is 27.9 Å². The van der Waals surface area contributed by atoms with Crippen LogP contribution in [0.5, 0.6) is 0 Å². The third-order valence-corrected chi connectivity index (χ3v) is 11.2. The Hall–Kier alpha value is -5.96. The van der Waals surface area contributed by atoms with Crippen LogP contribution in [-0.4, -0.2) is 4.57 Å². The minimum Gasteiger partial charge on any atom is -0.309 e. The first kappa shape index (κ1) is 21.8. The molecule has 2 aromatic heterocycles. The van der Waals surface area contributed by atoms with Crippen molar-refractivity contribution in [2.45, 2.75) is 0 Å². The van der Waals surface area contributed by atoms with Gasteiger partial charge in [0, 0.05) is 36.6 Å². The summed E-state index contributed by atoms with van der Waals surface area (Å²) in [5, 5.41) is 11.3. The van der Waals surface area contributed by atoms with Crippen molar-refractivity contribution in [1.29, 1.82) is 0 Å². The van der Waals surface area contributed by atoms with Crippen molar-refractivity contribution >= 4 is 85.6 Å². The number of fused-ring (bicyclic) bond motifs is 6. The second-order valence-corrected chi connectivity index (χ2v) is 13.6. The average molecular weight is 631 g/mol. The maximum Gasteiger partial charge on any atom is 0.0629 e. The van der Waals surface area contributed by atoms with Gasteiger partial charge in [-0.1, -0.05) is 127 Å². The van der Waals surface area contributed by atoms with E-state index in [1.807, 2.05) is 29.5 Å². The molecular weight excluding hydrogens is 599 g/mol. The van der Waals surface area contributed by atoms with Crippen LogP contribution in [0.4, 0.5) is 0 Å². The third kappa shape index (κ3) is 3.61. The Bertz CT molecular complexity index is 3330. The Morgan fingerprint density at radius 3 is 1.92 bits per heavy atom. The largest absolute Gasteiger partial charge is 0.309 e. The lowest BCUT2D eigenvalue weighted by atomic mass is 9.87. The van der Waals surface area contributed by atoms with Crippen LogP contribution >= 0.6 is 11.3 Å². The maximum atomic E-state index is 8.72. The molecule has 0 aliphatic carbocycles. The topological polar surface area (TPSA) is 4.93 Å². The zero-order valence-corrected chi connectivity index (χ0v) is 26.4. The number of para-hydroxylation sites is 1. The molecule has 9 aromatic carbocycles. The van der Waals surface area contributed by atoms with Gasteiger partial charge in [-0.3, -0.25) is 0 Å². The fraction of sp³-hybridized carbons (Fsp3) is 0. The lowest BCUT2D eigenvalue weighted by molar-refractivity contribution is 1.18. The molecule has 0 bridgehead atoms. The Balaban J connectivity index is 1.14. The number of nitrogens with zero attached hydrogens (tertiary/aromatic N) is 1. The Morgan fingerprint density at radius 1 is 0.438 bits per heavy atom. The minimum absolute atomic E-state index is 0.193. The fourth-order valence-electron chi connectivity index (χ4n) is 7.93. The van der Waals surface area contributed by atoms with Gasteiger partial charge in [0.2, 0.25) is 0 Å². The number of hydrogen-bond acceptors (Lipinski definition) is 1. The second kappa shape index (κ2) is 9.78. The van der Waals surface area contributed by atoms with E-state index in [0.717, 1.165) is 54.6 Å². The monoisotopic (exact) mass is 630 g/mol. The number of benzene rings is 9. The van der Waals surface area contributed by atoms with Crippen LogP contribution in [0, 0.1) is 0 Å². The molecular formula is C46H27NS. The Kier molecular flexibility index (Phi) is 4.43. The molecule has 0 amide bonds. The van der Waals surface area contributed by atoms with Gasteiger partial charge in [0.25, 0.3) is 0 Å². The van der Waals surface area contributed by atoms with Crippen molar-refractivity contribution in [2.24, 2.45) is 0 Å². The van der Waals surface area contributed by atoms with Crippen LogP contribution in [-0.2, 0) is 0 Å². The van der Waals surface area contributed by atoms with Gasteiger partial charge in [-0.2, -0.15) is 0 Å². The van der Waals surface area contributed by atoms with Gasteiger partial charge >= 0.3 is 0 Å². The SMILES string of the molecule is [2H]c1c([2H])c([2H])c(-c2ccc3ccc4c(-c5cccc(-n6c7ccccc7c7cc8c(cc76)sc6ccccc68)c5)ccc5ccc2c3c54)c([2H])c1[2H]. The molecule has 0 atom stereocenters. The van der Waals surface area contributed by atoms with E-state index >= 15 is 0 Å². The first-order chi connectivity index (χ1) is 25.9. The molecule has 48 heavy (non-hydrogen) atoms. The van der Waals surface area contributed by atoms with Crippen molar-refractivity contribution in [1.82, 2.24) is 4.57 Å². The molecule has 0 unspecified atom stereocenters. The summed E-state index contributed by atoms with van der Waals surface area (Å²) >= 11 is 1.84. The van der Waals surface area contributed by atoms with Crippen molar-refractivity contribution in [3.05, 3.63) is 164 Å². The lowest BCUT2D eigenvalue weighted by Crippen LogP contribution is -1.94. The Morgan fingerprint density at radius 2 is 1.12 bits per heavy atom. The summed E-state index contributed by atoms with van der Waals surface area (Å²) in [6.07, 6.45) is 0. The maximum absolute atomic E-state index is 8.72. The van der Waals surface area contributed by atoms with E-state index in [0.29, 0.717) is 5.56 Å². The number of rotatable bonds is 3. The highest BCUT2D eigenvalue weighted by Crippen LogP contribution is 2.44. The van der Waals surface area contributed by atoms with Crippen molar-refractivity contribution < 1.29 is 6.85 Å². The van der Waals surface area contributed by atoms with Crippen LogP contribution < -0.4 is 0 Å². The summed E-state index contributed by atoms with van der Waals surface area (Å²) in [5.74, 6) is 0. The van der Waals surface area contributed by atoms with E-state index < -0.39 is 0 Å². The molecule has 0 spiro atoms. The molecule has 2 heterocycles. The molecule has 2 heteroatoms. The highest BCUT2D eigenvalue weighted by molar-refractivity contribution is 7.25. The molecule has 0 N–H and O–H groups in total. The highest BCUT2D eigenvalue weighted by Gasteiger charge is 2.18. The molecule has 0 aliphatic rings. The average Bonchev–Trinajstić information content (AvgIpc) is 3.72. The van der Waals surface area contributed by atoms with E-state index in [-0.39, 0.29) is 35.8 Å². The van der Waals surface area contributed by atoms with Gasteiger partial charge < -0.3 is 4.57 Å². The molecule has 11 rings (SSSR count). The van der Waals surface area contributed by atoms with Crippen LogP contribution in [0.2, 0.25) is 0 Å². The van der Waals surface area contributed by atoms with Gasteiger partial charge in [0.1, 0.15) is 0 Å². The molecule has 222 valence electrons. The van der Waals surface area contributed by atoms with Crippen LogP contribution in [0.1, 0.15) is 6.85 Å². The number of thiophene rings is 1. The predicted octanol–water partition coefficient (Wildman–Crippen LogP) is 13.4. The van der Waals surface area contributed by atoms with E-state index in [4.69, 9.17) is 6.85 Å². The zero-order valence-electron chi connectivity index (χ0n) is 30.6. The van der Waals surface area contributed by atoms with Crippen molar-refractivity contribution in [3.63, 3.8) is 0 Å². The number of hydrogen-bond donors (Lipinski definition) is 0. The van der Waals surface area contributed by atoms with Crippen LogP contribution in [0.25, 0.3) is 102 Å². The molecule has 0 radical (unpaired) electrons. The minimum atomic E-state index is -0.386.